The highest BCUT2D eigenvalue weighted by atomic mass is 35.5. The maximum Gasteiger partial charge on any atom is 0.329 e. The molecule has 5 heteroatoms. The van der Waals surface area contributed by atoms with Crippen LogP contribution in [0.25, 0.3) is 0 Å². The zero-order valence-corrected chi connectivity index (χ0v) is 5.97. The molecule has 0 bridgehead atoms. The average Bonchev–Trinajstić information content (AvgIpc) is 1.82. The molecule has 0 radical (unpaired) electrons. The van der Waals surface area contributed by atoms with Gasteiger partial charge in [-0.15, -0.1) is 0 Å². The fraction of sp³-hybridized carbons (Fsp3) is 0.200. The van der Waals surface area contributed by atoms with Crippen molar-refractivity contribution in [3.8, 4) is 0 Å². The second kappa shape index (κ2) is 2.30. The van der Waals surface area contributed by atoms with Crippen LogP contribution in [-0.4, -0.2) is 9.55 Å². The predicted molar refractivity (Wildman–Crippen MR) is 37.3 cm³/mol. The molecular formula is C5H5ClN2O2. The lowest BCUT2D eigenvalue weighted by molar-refractivity contribution is 0.800. The zero-order valence-electron chi connectivity index (χ0n) is 5.22. The molecule has 0 fully saturated rings. The Morgan fingerprint density at radius 1 is 1.60 bits per heavy atom. The van der Waals surface area contributed by atoms with Crippen LogP contribution >= 0.6 is 11.6 Å². The molecule has 1 rings (SSSR count). The summed E-state index contributed by atoms with van der Waals surface area (Å²) in [5.74, 6) is 0. The molecule has 0 aromatic carbocycles. The van der Waals surface area contributed by atoms with E-state index in [-0.39, 0.29) is 5.15 Å². The van der Waals surface area contributed by atoms with E-state index in [2.05, 4.69) is 0 Å². The van der Waals surface area contributed by atoms with Crippen molar-refractivity contribution in [2.24, 2.45) is 7.05 Å². The van der Waals surface area contributed by atoms with E-state index in [0.29, 0.717) is 0 Å². The second-order valence-corrected chi connectivity index (χ2v) is 2.21. The second-order valence-electron chi connectivity index (χ2n) is 1.82. The third-order valence-corrected chi connectivity index (χ3v) is 1.47. The molecule has 0 saturated heterocycles. The Bertz CT molecular complexity index is 351. The largest absolute Gasteiger partial charge is 0.329 e. The minimum Gasteiger partial charge on any atom is -0.287 e. The highest BCUT2D eigenvalue weighted by Gasteiger charge is 1.95. The van der Waals surface area contributed by atoms with Crippen molar-refractivity contribution < 1.29 is 0 Å². The van der Waals surface area contributed by atoms with Crippen LogP contribution < -0.4 is 11.2 Å². The summed E-state index contributed by atoms with van der Waals surface area (Å²) in [6, 6.07) is 1.14. The van der Waals surface area contributed by atoms with E-state index in [1.165, 1.54) is 7.05 Å². The molecule has 4 nitrogen and oxygen atoms in total. The molecule has 1 aromatic heterocycles. The summed E-state index contributed by atoms with van der Waals surface area (Å²) >= 11 is 5.46. The Morgan fingerprint density at radius 2 is 2.20 bits per heavy atom. The lowest BCUT2D eigenvalue weighted by Gasteiger charge is -1.95. The normalized spacial score (nSPS) is 9.80. The molecule has 54 valence electrons. The fourth-order valence-corrected chi connectivity index (χ4v) is 0.703. The monoisotopic (exact) mass is 160 g/mol. The van der Waals surface area contributed by atoms with Crippen LogP contribution in [0.3, 0.4) is 0 Å². The van der Waals surface area contributed by atoms with Crippen LogP contribution in [0.2, 0.25) is 5.15 Å². The number of hydrogen-bond donors (Lipinski definition) is 1. The highest BCUT2D eigenvalue weighted by molar-refractivity contribution is 6.29. The van der Waals surface area contributed by atoms with Gasteiger partial charge in [-0.05, 0) is 0 Å². The van der Waals surface area contributed by atoms with Crippen molar-refractivity contribution >= 4 is 11.6 Å². The number of rotatable bonds is 0. The van der Waals surface area contributed by atoms with Gasteiger partial charge >= 0.3 is 5.69 Å². The lowest BCUT2D eigenvalue weighted by atomic mass is 10.6. The van der Waals surface area contributed by atoms with Gasteiger partial charge in [-0.1, -0.05) is 11.6 Å². The van der Waals surface area contributed by atoms with Crippen molar-refractivity contribution in [1.29, 1.82) is 0 Å². The summed E-state index contributed by atoms with van der Waals surface area (Å²) < 4.78 is 1.14. The highest BCUT2D eigenvalue weighted by Crippen LogP contribution is 1.96. The van der Waals surface area contributed by atoms with Crippen LogP contribution in [0.15, 0.2) is 15.7 Å². The summed E-state index contributed by atoms with van der Waals surface area (Å²) in [4.78, 5) is 23.2. The van der Waals surface area contributed by atoms with Gasteiger partial charge in [-0.2, -0.15) is 0 Å². The topological polar surface area (TPSA) is 54.9 Å². The van der Waals surface area contributed by atoms with Crippen LogP contribution in [-0.2, 0) is 7.05 Å². The van der Waals surface area contributed by atoms with Gasteiger partial charge in [-0.3, -0.25) is 14.3 Å². The maximum atomic E-state index is 10.7. The quantitative estimate of drug-likeness (QED) is 0.531. The van der Waals surface area contributed by atoms with Gasteiger partial charge in [-0.25, -0.2) is 4.79 Å². The Morgan fingerprint density at radius 3 is 2.70 bits per heavy atom. The number of nitrogens with zero attached hydrogens (tertiary/aromatic N) is 1. The molecule has 10 heavy (non-hydrogen) atoms. The summed E-state index contributed by atoms with van der Waals surface area (Å²) in [6.07, 6.45) is 0. The van der Waals surface area contributed by atoms with Gasteiger partial charge in [0.05, 0.1) is 0 Å². The van der Waals surface area contributed by atoms with E-state index < -0.39 is 11.2 Å². The smallest absolute Gasteiger partial charge is 0.287 e. The van der Waals surface area contributed by atoms with Crippen molar-refractivity contribution in [2.75, 3.05) is 0 Å². The Balaban J connectivity index is 3.62. The van der Waals surface area contributed by atoms with Crippen LogP contribution in [0.4, 0.5) is 0 Å². The summed E-state index contributed by atoms with van der Waals surface area (Å²) in [6.45, 7) is 0. The maximum absolute atomic E-state index is 10.7. The van der Waals surface area contributed by atoms with Crippen molar-refractivity contribution in [2.45, 2.75) is 0 Å². The first-order valence-corrected chi connectivity index (χ1v) is 2.95. The molecule has 1 heterocycles. The first-order valence-electron chi connectivity index (χ1n) is 2.57. The average molecular weight is 161 g/mol. The number of aromatic amines is 1. The molecule has 1 aromatic rings. The van der Waals surface area contributed by atoms with E-state index in [4.69, 9.17) is 11.6 Å². The lowest BCUT2D eigenvalue weighted by Crippen LogP contribution is -2.27. The molecule has 0 aliphatic carbocycles. The minimum absolute atomic E-state index is 0.133. The number of H-pyrrole nitrogens is 1. The molecule has 0 saturated carbocycles. The number of aromatic nitrogens is 2. The van der Waals surface area contributed by atoms with E-state index in [1.807, 2.05) is 4.98 Å². The van der Waals surface area contributed by atoms with E-state index in [0.717, 1.165) is 10.6 Å². The predicted octanol–water partition coefficient (Wildman–Crippen LogP) is -0.273. The standard InChI is InChI=1S/C5H5ClN2O2/c1-8-3(6)2-4(9)7-5(8)10/h2H,1H3,(H,7,9,10). The Hall–Kier alpha value is -1.03. The number of halogens is 1. The van der Waals surface area contributed by atoms with Gasteiger partial charge < -0.3 is 0 Å². The third-order valence-electron chi connectivity index (χ3n) is 1.11. The first kappa shape index (κ1) is 7.08. The van der Waals surface area contributed by atoms with Crippen molar-refractivity contribution in [3.63, 3.8) is 0 Å². The Kier molecular flexibility index (Phi) is 1.63. The summed E-state index contributed by atoms with van der Waals surface area (Å²) in [5, 5.41) is 0.133. The van der Waals surface area contributed by atoms with Crippen LogP contribution in [0.1, 0.15) is 0 Å². The molecule has 0 amide bonds. The van der Waals surface area contributed by atoms with Crippen molar-refractivity contribution in [1.82, 2.24) is 9.55 Å². The van der Waals surface area contributed by atoms with Gasteiger partial charge in [0.25, 0.3) is 5.56 Å². The molecule has 0 unspecified atom stereocenters. The van der Waals surface area contributed by atoms with E-state index in [1.54, 1.807) is 0 Å². The van der Waals surface area contributed by atoms with Crippen LogP contribution in [0, 0.1) is 0 Å². The molecule has 0 spiro atoms. The van der Waals surface area contributed by atoms with Gasteiger partial charge in [0.1, 0.15) is 5.15 Å². The minimum atomic E-state index is -0.502. The molecule has 0 atom stereocenters. The first-order chi connectivity index (χ1) is 4.61. The number of hydrogen-bond acceptors (Lipinski definition) is 2. The zero-order chi connectivity index (χ0) is 7.72. The summed E-state index contributed by atoms with van der Waals surface area (Å²) in [7, 11) is 1.47. The van der Waals surface area contributed by atoms with Gasteiger partial charge in [0, 0.05) is 13.1 Å². The summed E-state index contributed by atoms with van der Waals surface area (Å²) in [5.41, 5.74) is -0.981. The van der Waals surface area contributed by atoms with Crippen LogP contribution in [0.5, 0.6) is 0 Å². The van der Waals surface area contributed by atoms with E-state index in [9.17, 15) is 9.59 Å². The molecule has 0 aliphatic rings. The molecule has 1 N–H and O–H groups in total. The van der Waals surface area contributed by atoms with Gasteiger partial charge in [0.2, 0.25) is 0 Å². The Labute approximate surface area is 61.1 Å². The SMILES string of the molecule is Cn1c(Cl)cc(=O)[nH]c1=O. The van der Waals surface area contributed by atoms with E-state index >= 15 is 0 Å². The fourth-order valence-electron chi connectivity index (χ4n) is 0.527. The number of nitrogens with one attached hydrogen (secondary N) is 1. The molecular weight excluding hydrogens is 156 g/mol. The van der Waals surface area contributed by atoms with Gasteiger partial charge in [0.15, 0.2) is 0 Å². The van der Waals surface area contributed by atoms with Crippen molar-refractivity contribution in [3.05, 3.63) is 32.1 Å². The molecule has 0 aliphatic heterocycles. The third kappa shape index (κ3) is 1.11.